The summed E-state index contributed by atoms with van der Waals surface area (Å²) in [5.41, 5.74) is 1.49. The Kier molecular flexibility index (Phi) is 5.14. The van der Waals surface area contributed by atoms with Crippen LogP contribution >= 0.6 is 11.6 Å². The van der Waals surface area contributed by atoms with Crippen molar-refractivity contribution in [1.29, 1.82) is 5.26 Å². The molecule has 186 valence electrons. The molecule has 0 unspecified atom stereocenters. The molecule has 11 heteroatoms. The van der Waals surface area contributed by atoms with Crippen molar-refractivity contribution in [2.75, 3.05) is 43.1 Å². The number of ether oxygens (including phenoxy) is 1. The predicted molar refractivity (Wildman–Crippen MR) is 133 cm³/mol. The van der Waals surface area contributed by atoms with Crippen LogP contribution in [0.1, 0.15) is 25.2 Å². The first-order valence-electron chi connectivity index (χ1n) is 11.8. The number of fused-ring (bicyclic) bond motifs is 3. The van der Waals surface area contributed by atoms with Gasteiger partial charge in [0.2, 0.25) is 5.95 Å². The SMILES string of the molecule is COc1cc(N2CC3(C2)CN(c2nnc4n2-c2ccc(Cl)cc2CN(C(C)(C)C#N)C4)C3)ncc1F. The predicted octanol–water partition coefficient (Wildman–Crippen LogP) is 3.41. The molecule has 1 aromatic carbocycles. The standard InChI is InChI=1S/C25H26ClFN8O/c1-24(2,11-28)34-9-16-6-17(26)4-5-19(16)35-22(10-34)30-31-23(35)33-14-25(15-33)12-32(13-25)21-7-20(36-3)18(27)8-29-21/h4-8H,9-10,12-15H2,1-3H3. The smallest absolute Gasteiger partial charge is 0.231 e. The Morgan fingerprint density at radius 1 is 1.11 bits per heavy atom. The number of benzene rings is 1. The molecular formula is C25H26ClFN8O. The van der Waals surface area contributed by atoms with Crippen LogP contribution in [0.4, 0.5) is 16.2 Å². The summed E-state index contributed by atoms with van der Waals surface area (Å²) in [4.78, 5) is 10.7. The minimum absolute atomic E-state index is 0.137. The summed E-state index contributed by atoms with van der Waals surface area (Å²) in [7, 11) is 1.46. The van der Waals surface area contributed by atoms with E-state index in [1.807, 2.05) is 32.0 Å². The first-order valence-corrected chi connectivity index (χ1v) is 12.2. The molecule has 3 aliphatic rings. The Labute approximate surface area is 213 Å². The van der Waals surface area contributed by atoms with Gasteiger partial charge in [-0.1, -0.05) is 11.6 Å². The van der Waals surface area contributed by atoms with Crippen molar-refractivity contribution < 1.29 is 9.13 Å². The zero-order chi connectivity index (χ0) is 25.2. The van der Waals surface area contributed by atoms with Gasteiger partial charge in [-0.15, -0.1) is 10.2 Å². The van der Waals surface area contributed by atoms with Crippen molar-refractivity contribution >= 4 is 23.4 Å². The van der Waals surface area contributed by atoms with E-state index in [0.29, 0.717) is 18.1 Å². The second kappa shape index (κ2) is 8.05. The molecule has 0 amide bonds. The molecule has 1 spiro atoms. The van der Waals surface area contributed by atoms with E-state index >= 15 is 0 Å². The summed E-state index contributed by atoms with van der Waals surface area (Å²) in [6.45, 7) is 8.28. The maximum Gasteiger partial charge on any atom is 0.231 e. The molecule has 0 radical (unpaired) electrons. The van der Waals surface area contributed by atoms with Gasteiger partial charge in [-0.2, -0.15) is 5.26 Å². The number of aromatic nitrogens is 4. The lowest BCUT2D eigenvalue weighted by Gasteiger charge is -2.60. The van der Waals surface area contributed by atoms with Crippen LogP contribution in [0, 0.1) is 22.6 Å². The molecule has 0 saturated carbocycles. The van der Waals surface area contributed by atoms with Crippen LogP contribution in [0.25, 0.3) is 5.69 Å². The van der Waals surface area contributed by atoms with Crippen LogP contribution < -0.4 is 14.5 Å². The number of pyridine rings is 1. The molecular weight excluding hydrogens is 483 g/mol. The van der Waals surface area contributed by atoms with Crippen molar-refractivity contribution in [3.63, 3.8) is 0 Å². The largest absolute Gasteiger partial charge is 0.493 e. The highest BCUT2D eigenvalue weighted by molar-refractivity contribution is 6.30. The van der Waals surface area contributed by atoms with Crippen molar-refractivity contribution in [2.24, 2.45) is 5.41 Å². The van der Waals surface area contributed by atoms with Crippen LogP contribution in [-0.2, 0) is 13.1 Å². The molecule has 2 saturated heterocycles. The quantitative estimate of drug-likeness (QED) is 0.530. The van der Waals surface area contributed by atoms with Crippen LogP contribution in [0.5, 0.6) is 5.75 Å². The van der Waals surface area contributed by atoms with Crippen molar-refractivity contribution in [1.82, 2.24) is 24.6 Å². The minimum Gasteiger partial charge on any atom is -0.493 e. The third-order valence-electron chi connectivity index (χ3n) is 7.49. The number of nitriles is 1. The molecule has 36 heavy (non-hydrogen) atoms. The number of hydrogen-bond donors (Lipinski definition) is 0. The van der Waals surface area contributed by atoms with E-state index in [1.165, 1.54) is 13.3 Å². The van der Waals surface area contributed by atoms with Crippen LogP contribution in [0.3, 0.4) is 0 Å². The monoisotopic (exact) mass is 508 g/mol. The Hall–Kier alpha value is -3.42. The van der Waals surface area contributed by atoms with Crippen molar-refractivity contribution in [3.8, 4) is 17.5 Å². The second-order valence-corrected chi connectivity index (χ2v) is 10.9. The summed E-state index contributed by atoms with van der Waals surface area (Å²) >= 11 is 6.35. The highest BCUT2D eigenvalue weighted by Crippen LogP contribution is 2.44. The zero-order valence-corrected chi connectivity index (χ0v) is 21.1. The van der Waals surface area contributed by atoms with Gasteiger partial charge < -0.3 is 14.5 Å². The Morgan fingerprint density at radius 3 is 2.58 bits per heavy atom. The molecule has 3 aliphatic heterocycles. The summed E-state index contributed by atoms with van der Waals surface area (Å²) in [6, 6.07) is 9.90. The zero-order valence-electron chi connectivity index (χ0n) is 20.4. The van der Waals surface area contributed by atoms with Gasteiger partial charge in [0.1, 0.15) is 11.4 Å². The fraction of sp³-hybridized carbons (Fsp3) is 0.440. The first kappa shape index (κ1) is 23.0. The van der Waals surface area contributed by atoms with E-state index in [2.05, 4.69) is 40.5 Å². The van der Waals surface area contributed by atoms with E-state index in [4.69, 9.17) is 16.3 Å². The number of rotatable bonds is 4. The maximum atomic E-state index is 13.7. The van der Waals surface area contributed by atoms with Crippen LogP contribution in [-0.4, -0.2) is 63.5 Å². The molecule has 0 bridgehead atoms. The normalized spacial score (nSPS) is 18.6. The van der Waals surface area contributed by atoms with Crippen molar-refractivity contribution in [2.45, 2.75) is 32.5 Å². The Bertz CT molecular complexity index is 1390. The van der Waals surface area contributed by atoms with E-state index in [1.54, 1.807) is 6.07 Å². The van der Waals surface area contributed by atoms with Gasteiger partial charge in [0.15, 0.2) is 17.4 Å². The summed E-state index contributed by atoms with van der Waals surface area (Å²) in [6.07, 6.45) is 1.21. The molecule has 2 aromatic heterocycles. The molecule has 3 aromatic rings. The number of halogens is 2. The number of nitrogens with zero attached hydrogens (tertiary/aromatic N) is 8. The molecule has 2 fully saturated rings. The van der Waals surface area contributed by atoms with Gasteiger partial charge in [0, 0.05) is 49.2 Å². The summed E-state index contributed by atoms with van der Waals surface area (Å²) in [5, 5.41) is 19.5. The Balaban J connectivity index is 1.24. The van der Waals surface area contributed by atoms with Crippen LogP contribution in [0.2, 0.25) is 5.02 Å². The first-order chi connectivity index (χ1) is 17.2. The van der Waals surface area contributed by atoms with E-state index in [9.17, 15) is 9.65 Å². The lowest BCUT2D eigenvalue weighted by Crippen LogP contribution is -2.73. The number of methoxy groups -OCH3 is 1. The van der Waals surface area contributed by atoms with Gasteiger partial charge in [0.25, 0.3) is 0 Å². The van der Waals surface area contributed by atoms with Crippen LogP contribution in [0.15, 0.2) is 30.5 Å². The topological polar surface area (TPSA) is 86.3 Å². The number of hydrogen-bond acceptors (Lipinski definition) is 8. The second-order valence-electron chi connectivity index (χ2n) is 10.4. The van der Waals surface area contributed by atoms with Gasteiger partial charge in [-0.05, 0) is 37.6 Å². The molecule has 0 N–H and O–H groups in total. The van der Waals surface area contributed by atoms with E-state index < -0.39 is 11.4 Å². The molecule has 0 aliphatic carbocycles. The third-order valence-corrected chi connectivity index (χ3v) is 7.73. The fourth-order valence-electron chi connectivity index (χ4n) is 5.43. The molecule has 6 rings (SSSR count). The number of anilines is 2. The third kappa shape index (κ3) is 3.57. The minimum atomic E-state index is -0.672. The lowest BCUT2D eigenvalue weighted by molar-refractivity contribution is 0.147. The lowest BCUT2D eigenvalue weighted by atomic mass is 9.73. The maximum absolute atomic E-state index is 13.7. The average molecular weight is 509 g/mol. The van der Waals surface area contributed by atoms with Gasteiger partial charge >= 0.3 is 0 Å². The van der Waals surface area contributed by atoms with E-state index in [-0.39, 0.29) is 11.2 Å². The van der Waals surface area contributed by atoms with E-state index in [0.717, 1.165) is 55.0 Å². The van der Waals surface area contributed by atoms with Gasteiger partial charge in [0.05, 0.1) is 31.6 Å². The molecule has 0 atom stereocenters. The molecule has 9 nitrogen and oxygen atoms in total. The summed E-state index contributed by atoms with van der Waals surface area (Å²) in [5.74, 6) is 2.07. The summed E-state index contributed by atoms with van der Waals surface area (Å²) < 4.78 is 20.9. The molecule has 5 heterocycles. The van der Waals surface area contributed by atoms with Gasteiger partial charge in [-0.25, -0.2) is 9.37 Å². The highest BCUT2D eigenvalue weighted by Gasteiger charge is 2.53. The Morgan fingerprint density at radius 2 is 1.86 bits per heavy atom. The highest BCUT2D eigenvalue weighted by atomic mass is 35.5. The fourth-order valence-corrected chi connectivity index (χ4v) is 5.62. The van der Waals surface area contributed by atoms with Gasteiger partial charge in [-0.3, -0.25) is 9.47 Å². The average Bonchev–Trinajstić information content (AvgIpc) is 3.12. The van der Waals surface area contributed by atoms with Crippen molar-refractivity contribution in [3.05, 3.63) is 52.7 Å².